The van der Waals surface area contributed by atoms with Gasteiger partial charge in [0.15, 0.2) is 0 Å². The lowest BCUT2D eigenvalue weighted by Crippen LogP contribution is -2.23. The number of furan rings is 1. The first-order chi connectivity index (χ1) is 8.63. The molecule has 2 aromatic rings. The van der Waals surface area contributed by atoms with E-state index >= 15 is 0 Å². The summed E-state index contributed by atoms with van der Waals surface area (Å²) in [5.41, 5.74) is 2.63. The Labute approximate surface area is 113 Å². The van der Waals surface area contributed by atoms with Gasteiger partial charge in [0.05, 0.1) is 12.3 Å². The molecule has 0 aromatic carbocycles. The van der Waals surface area contributed by atoms with Gasteiger partial charge in [0, 0.05) is 15.3 Å². The van der Waals surface area contributed by atoms with E-state index in [0.29, 0.717) is 0 Å². The third-order valence-electron chi connectivity index (χ3n) is 3.15. The highest BCUT2D eigenvalue weighted by Gasteiger charge is 2.20. The molecule has 0 aliphatic rings. The van der Waals surface area contributed by atoms with Crippen molar-refractivity contribution in [3.63, 3.8) is 0 Å². The van der Waals surface area contributed by atoms with E-state index in [1.807, 2.05) is 18.3 Å². The monoisotopic (exact) mass is 263 g/mol. The third kappa shape index (κ3) is 2.68. The summed E-state index contributed by atoms with van der Waals surface area (Å²) < 4.78 is 5.46. The van der Waals surface area contributed by atoms with Crippen LogP contribution in [-0.2, 0) is 0 Å². The molecule has 98 valence electrons. The molecule has 1 unspecified atom stereocenters. The van der Waals surface area contributed by atoms with E-state index in [9.17, 15) is 0 Å². The van der Waals surface area contributed by atoms with Crippen molar-refractivity contribution in [3.8, 4) is 0 Å². The zero-order chi connectivity index (χ0) is 13.1. The first-order valence-corrected chi connectivity index (χ1v) is 7.29. The van der Waals surface area contributed by atoms with Crippen LogP contribution >= 0.6 is 11.3 Å². The van der Waals surface area contributed by atoms with Gasteiger partial charge in [-0.3, -0.25) is 0 Å². The van der Waals surface area contributed by atoms with Gasteiger partial charge in [0.1, 0.15) is 5.76 Å². The Balaban J connectivity index is 2.37. The summed E-state index contributed by atoms with van der Waals surface area (Å²) in [5, 5.41) is 3.63. The smallest absolute Gasteiger partial charge is 0.105 e. The lowest BCUT2D eigenvalue weighted by molar-refractivity contribution is 0.518. The minimum atomic E-state index is 0.266. The Morgan fingerprint density at radius 1 is 1.33 bits per heavy atom. The molecule has 0 bridgehead atoms. The molecule has 18 heavy (non-hydrogen) atoms. The first kappa shape index (κ1) is 13.4. The van der Waals surface area contributed by atoms with E-state index in [1.165, 1.54) is 20.9 Å². The predicted octanol–water partition coefficient (Wildman–Crippen LogP) is 4.36. The van der Waals surface area contributed by atoms with Crippen LogP contribution in [0.15, 0.2) is 22.8 Å². The molecule has 0 fully saturated rings. The molecule has 3 heteroatoms. The van der Waals surface area contributed by atoms with Gasteiger partial charge in [0.2, 0.25) is 0 Å². The normalized spacial score (nSPS) is 12.9. The SMILES string of the molecule is CCCNC(c1ccoc1C)c1sc(C)cc1C. The zero-order valence-corrected chi connectivity index (χ0v) is 12.4. The molecule has 0 aliphatic carbocycles. The second-order valence-corrected chi connectivity index (χ2v) is 6.01. The van der Waals surface area contributed by atoms with Crippen molar-refractivity contribution in [3.05, 3.63) is 45.0 Å². The molecule has 2 heterocycles. The minimum absolute atomic E-state index is 0.266. The van der Waals surface area contributed by atoms with Crippen LogP contribution in [0.3, 0.4) is 0 Å². The Hall–Kier alpha value is -1.06. The van der Waals surface area contributed by atoms with E-state index in [2.05, 4.69) is 38.2 Å². The number of thiophene rings is 1. The van der Waals surface area contributed by atoms with E-state index < -0.39 is 0 Å². The molecule has 0 amide bonds. The van der Waals surface area contributed by atoms with E-state index in [1.54, 1.807) is 6.26 Å². The summed E-state index contributed by atoms with van der Waals surface area (Å²) in [4.78, 5) is 2.78. The van der Waals surface area contributed by atoms with Crippen LogP contribution in [0.4, 0.5) is 0 Å². The van der Waals surface area contributed by atoms with Crippen molar-refractivity contribution < 1.29 is 4.42 Å². The van der Waals surface area contributed by atoms with Gasteiger partial charge in [-0.2, -0.15) is 0 Å². The van der Waals surface area contributed by atoms with Crippen molar-refractivity contribution in [1.82, 2.24) is 5.32 Å². The fraction of sp³-hybridized carbons (Fsp3) is 0.467. The van der Waals surface area contributed by atoms with Crippen LogP contribution in [0, 0.1) is 20.8 Å². The van der Waals surface area contributed by atoms with Crippen molar-refractivity contribution in [2.24, 2.45) is 0 Å². The summed E-state index contributed by atoms with van der Waals surface area (Å²) in [6.07, 6.45) is 2.91. The van der Waals surface area contributed by atoms with Crippen LogP contribution in [-0.4, -0.2) is 6.54 Å². The van der Waals surface area contributed by atoms with Gasteiger partial charge in [-0.25, -0.2) is 0 Å². The maximum atomic E-state index is 5.46. The van der Waals surface area contributed by atoms with Gasteiger partial charge >= 0.3 is 0 Å². The molecule has 0 saturated heterocycles. The van der Waals surface area contributed by atoms with Crippen molar-refractivity contribution in [1.29, 1.82) is 0 Å². The molecular formula is C15H21NOS. The Kier molecular flexibility index (Phi) is 4.25. The highest BCUT2D eigenvalue weighted by atomic mass is 32.1. The quantitative estimate of drug-likeness (QED) is 0.867. The lowest BCUT2D eigenvalue weighted by Gasteiger charge is -2.18. The largest absolute Gasteiger partial charge is 0.469 e. The average Bonchev–Trinajstić information content (AvgIpc) is 2.87. The van der Waals surface area contributed by atoms with Gasteiger partial charge < -0.3 is 9.73 Å². The fourth-order valence-corrected chi connectivity index (χ4v) is 3.40. The topological polar surface area (TPSA) is 25.2 Å². The molecule has 1 N–H and O–H groups in total. The number of hydrogen-bond acceptors (Lipinski definition) is 3. The highest BCUT2D eigenvalue weighted by Crippen LogP contribution is 2.33. The first-order valence-electron chi connectivity index (χ1n) is 6.47. The van der Waals surface area contributed by atoms with Crippen LogP contribution in [0.25, 0.3) is 0 Å². The third-order valence-corrected chi connectivity index (χ3v) is 4.37. The van der Waals surface area contributed by atoms with E-state index in [-0.39, 0.29) is 6.04 Å². The second-order valence-electron chi connectivity index (χ2n) is 4.72. The molecule has 0 saturated carbocycles. The molecule has 2 nitrogen and oxygen atoms in total. The van der Waals surface area contributed by atoms with Gasteiger partial charge in [-0.15, -0.1) is 11.3 Å². The number of aryl methyl sites for hydroxylation is 3. The lowest BCUT2D eigenvalue weighted by atomic mass is 10.0. The van der Waals surface area contributed by atoms with Crippen LogP contribution in [0.2, 0.25) is 0 Å². The Bertz CT molecular complexity index is 512. The standard InChI is InChI=1S/C15H21NOS/c1-5-7-16-14(13-6-8-17-12(13)4)15-10(2)9-11(3)18-15/h6,8-9,14,16H,5,7H2,1-4H3. The van der Waals surface area contributed by atoms with Gasteiger partial charge in [0.25, 0.3) is 0 Å². The number of nitrogens with one attached hydrogen (secondary N) is 1. The Morgan fingerprint density at radius 2 is 2.11 bits per heavy atom. The fourth-order valence-electron chi connectivity index (χ4n) is 2.27. The molecule has 1 atom stereocenters. The predicted molar refractivity (Wildman–Crippen MR) is 77.4 cm³/mol. The van der Waals surface area contributed by atoms with Gasteiger partial charge in [-0.1, -0.05) is 6.92 Å². The summed E-state index contributed by atoms with van der Waals surface area (Å²) in [5.74, 6) is 1.01. The van der Waals surface area contributed by atoms with Gasteiger partial charge in [-0.05, 0) is 51.4 Å². The molecular weight excluding hydrogens is 242 g/mol. The van der Waals surface area contributed by atoms with Crippen molar-refractivity contribution >= 4 is 11.3 Å². The second kappa shape index (κ2) is 5.72. The molecule has 0 spiro atoms. The molecule has 0 radical (unpaired) electrons. The molecule has 2 aromatic heterocycles. The molecule has 2 rings (SSSR count). The van der Waals surface area contributed by atoms with Crippen molar-refractivity contribution in [2.75, 3.05) is 6.54 Å². The average molecular weight is 263 g/mol. The number of hydrogen-bond donors (Lipinski definition) is 1. The van der Waals surface area contributed by atoms with Crippen LogP contribution in [0.1, 0.15) is 46.0 Å². The van der Waals surface area contributed by atoms with Crippen LogP contribution in [0.5, 0.6) is 0 Å². The van der Waals surface area contributed by atoms with E-state index in [0.717, 1.165) is 18.7 Å². The van der Waals surface area contributed by atoms with Crippen molar-refractivity contribution in [2.45, 2.75) is 40.2 Å². The summed E-state index contributed by atoms with van der Waals surface area (Å²) in [6, 6.07) is 4.61. The molecule has 0 aliphatic heterocycles. The summed E-state index contributed by atoms with van der Waals surface area (Å²) >= 11 is 1.88. The highest BCUT2D eigenvalue weighted by molar-refractivity contribution is 7.12. The Morgan fingerprint density at radius 3 is 2.61 bits per heavy atom. The summed E-state index contributed by atoms with van der Waals surface area (Å²) in [6.45, 7) is 9.60. The number of rotatable bonds is 5. The van der Waals surface area contributed by atoms with Crippen LogP contribution < -0.4 is 5.32 Å². The summed E-state index contributed by atoms with van der Waals surface area (Å²) in [7, 11) is 0. The van der Waals surface area contributed by atoms with E-state index in [4.69, 9.17) is 4.42 Å². The zero-order valence-electron chi connectivity index (χ0n) is 11.5. The maximum Gasteiger partial charge on any atom is 0.105 e. The minimum Gasteiger partial charge on any atom is -0.469 e. The maximum absolute atomic E-state index is 5.46.